The van der Waals surface area contributed by atoms with E-state index in [-0.39, 0.29) is 10.7 Å². The van der Waals surface area contributed by atoms with Gasteiger partial charge in [0.1, 0.15) is 14.8 Å². The van der Waals surface area contributed by atoms with Crippen LogP contribution in [0.3, 0.4) is 0 Å². The van der Waals surface area contributed by atoms with Gasteiger partial charge in [0, 0.05) is 35.6 Å². The molecule has 0 saturated heterocycles. The maximum Gasteiger partial charge on any atom is 0.149 e. The summed E-state index contributed by atoms with van der Waals surface area (Å²) in [5.41, 5.74) is 7.23. The van der Waals surface area contributed by atoms with Crippen LogP contribution in [0.5, 0.6) is 0 Å². The Morgan fingerprint density at radius 2 is 2.11 bits per heavy atom. The third-order valence-electron chi connectivity index (χ3n) is 2.43. The van der Waals surface area contributed by atoms with Crippen LogP contribution in [0, 0.1) is 0 Å². The molecule has 2 N–H and O–H groups in total. The molecule has 0 aliphatic heterocycles. The Hall–Kier alpha value is -0.660. The largest absolute Gasteiger partial charge is 0.389 e. The fraction of sp³-hybridized carbons (Fsp3) is 0.364. The van der Waals surface area contributed by atoms with Crippen molar-refractivity contribution in [1.82, 2.24) is 0 Å². The Bertz CT molecular complexity index is 558. The average molecular weight is 351 g/mol. The minimum absolute atomic E-state index is 0.0936. The molecule has 0 heterocycles. The van der Waals surface area contributed by atoms with E-state index in [1.165, 1.54) is 6.26 Å². The molecule has 4 nitrogen and oxygen atoms in total. The Kier molecular flexibility index (Phi) is 5.12. The van der Waals surface area contributed by atoms with Gasteiger partial charge in [-0.2, -0.15) is 0 Å². The molecule has 0 spiro atoms. The summed E-state index contributed by atoms with van der Waals surface area (Å²) >= 11 is 8.35. The van der Waals surface area contributed by atoms with Crippen LogP contribution >= 0.6 is 28.1 Å². The number of sulfone groups is 1. The van der Waals surface area contributed by atoms with Gasteiger partial charge >= 0.3 is 0 Å². The molecule has 0 amide bonds. The maximum absolute atomic E-state index is 11.2. The third kappa shape index (κ3) is 4.55. The molecule has 0 bridgehead atoms. The van der Waals surface area contributed by atoms with E-state index in [2.05, 4.69) is 15.9 Å². The molecule has 0 unspecified atom stereocenters. The van der Waals surface area contributed by atoms with E-state index >= 15 is 0 Å². The first-order chi connectivity index (χ1) is 8.20. The van der Waals surface area contributed by atoms with E-state index in [0.717, 1.165) is 15.7 Å². The zero-order chi connectivity index (χ0) is 13.9. The summed E-state index contributed by atoms with van der Waals surface area (Å²) in [6, 6.07) is 5.56. The van der Waals surface area contributed by atoms with E-state index in [1.807, 2.05) is 30.1 Å². The molecule has 1 aromatic rings. The van der Waals surface area contributed by atoms with E-state index in [0.29, 0.717) is 6.54 Å². The highest BCUT2D eigenvalue weighted by atomic mass is 79.9. The molecule has 100 valence electrons. The second-order valence-corrected chi connectivity index (χ2v) is 7.69. The maximum atomic E-state index is 11.2. The van der Waals surface area contributed by atoms with Crippen LogP contribution in [0.15, 0.2) is 22.7 Å². The van der Waals surface area contributed by atoms with Gasteiger partial charge < -0.3 is 10.6 Å². The normalized spacial score (nSPS) is 11.3. The highest BCUT2D eigenvalue weighted by molar-refractivity contribution is 9.10. The van der Waals surface area contributed by atoms with Gasteiger partial charge in [0.05, 0.1) is 5.75 Å². The monoisotopic (exact) mass is 350 g/mol. The van der Waals surface area contributed by atoms with Crippen LogP contribution in [0.1, 0.15) is 5.56 Å². The number of rotatable bonds is 5. The summed E-state index contributed by atoms with van der Waals surface area (Å²) in [5.74, 6) is 0.0936. The summed E-state index contributed by atoms with van der Waals surface area (Å²) in [5, 5.41) is 0. The van der Waals surface area contributed by atoms with Gasteiger partial charge in [0.2, 0.25) is 0 Å². The minimum Gasteiger partial charge on any atom is -0.389 e. The van der Waals surface area contributed by atoms with Gasteiger partial charge in [0.15, 0.2) is 0 Å². The SMILES string of the molecule is CN(CCS(C)(=O)=O)c1ccc(Br)cc1C(N)=S. The zero-order valence-corrected chi connectivity index (χ0v) is 13.4. The van der Waals surface area contributed by atoms with Crippen molar-refractivity contribution in [2.45, 2.75) is 0 Å². The fourth-order valence-corrected chi connectivity index (χ4v) is 2.59. The number of nitrogens with two attached hydrogens (primary N) is 1. The third-order valence-corrected chi connectivity index (χ3v) is 4.07. The first-order valence-electron chi connectivity index (χ1n) is 5.19. The lowest BCUT2D eigenvalue weighted by atomic mass is 10.1. The molecule has 0 aromatic heterocycles. The smallest absolute Gasteiger partial charge is 0.149 e. The van der Waals surface area contributed by atoms with Crippen LogP contribution in [0.4, 0.5) is 5.69 Å². The summed E-state index contributed by atoms with van der Waals surface area (Å²) in [7, 11) is -1.17. The van der Waals surface area contributed by atoms with Crippen molar-refractivity contribution in [2.24, 2.45) is 5.73 Å². The molecule has 0 radical (unpaired) electrons. The minimum atomic E-state index is -2.98. The van der Waals surface area contributed by atoms with E-state index in [9.17, 15) is 8.42 Å². The van der Waals surface area contributed by atoms with Crippen LogP contribution in [0.2, 0.25) is 0 Å². The van der Waals surface area contributed by atoms with Gasteiger partial charge in [0.25, 0.3) is 0 Å². The molecular formula is C11H15BrN2O2S2. The van der Waals surface area contributed by atoms with Crippen LogP contribution in [-0.2, 0) is 9.84 Å². The predicted octanol–water partition coefficient (Wildman–Crippen LogP) is 1.56. The van der Waals surface area contributed by atoms with Crippen molar-refractivity contribution in [3.63, 3.8) is 0 Å². The number of hydrogen-bond acceptors (Lipinski definition) is 4. The second-order valence-electron chi connectivity index (χ2n) is 4.08. The average Bonchev–Trinajstić information content (AvgIpc) is 2.24. The Morgan fingerprint density at radius 1 is 1.50 bits per heavy atom. The van der Waals surface area contributed by atoms with Gasteiger partial charge in [-0.25, -0.2) is 8.42 Å². The number of thiocarbonyl (C=S) groups is 1. The molecule has 0 fully saturated rings. The topological polar surface area (TPSA) is 63.4 Å². The van der Waals surface area contributed by atoms with Gasteiger partial charge in [-0.1, -0.05) is 28.1 Å². The lowest BCUT2D eigenvalue weighted by molar-refractivity contribution is 0.601. The van der Waals surface area contributed by atoms with E-state index in [1.54, 1.807) is 0 Å². The predicted molar refractivity (Wildman–Crippen MR) is 83.0 cm³/mol. The van der Waals surface area contributed by atoms with Gasteiger partial charge in [-0.05, 0) is 18.2 Å². The van der Waals surface area contributed by atoms with Gasteiger partial charge in [-0.15, -0.1) is 0 Å². The van der Waals surface area contributed by atoms with Crippen molar-refractivity contribution < 1.29 is 8.42 Å². The van der Waals surface area contributed by atoms with Crippen molar-refractivity contribution in [2.75, 3.05) is 30.5 Å². The zero-order valence-electron chi connectivity index (χ0n) is 10.2. The van der Waals surface area contributed by atoms with E-state index < -0.39 is 9.84 Å². The van der Waals surface area contributed by atoms with Crippen molar-refractivity contribution in [3.05, 3.63) is 28.2 Å². The van der Waals surface area contributed by atoms with Gasteiger partial charge in [-0.3, -0.25) is 0 Å². The number of benzene rings is 1. The second kappa shape index (κ2) is 5.99. The number of hydrogen-bond donors (Lipinski definition) is 1. The molecule has 0 saturated carbocycles. The van der Waals surface area contributed by atoms with Crippen molar-refractivity contribution in [3.8, 4) is 0 Å². The molecule has 0 aliphatic rings. The molecule has 1 aromatic carbocycles. The van der Waals surface area contributed by atoms with Crippen LogP contribution < -0.4 is 10.6 Å². The van der Waals surface area contributed by atoms with Crippen molar-refractivity contribution >= 4 is 48.7 Å². The molecule has 1 rings (SSSR count). The van der Waals surface area contributed by atoms with Crippen LogP contribution in [0.25, 0.3) is 0 Å². The lowest BCUT2D eigenvalue weighted by Gasteiger charge is -2.22. The summed E-state index contributed by atoms with van der Waals surface area (Å²) < 4.78 is 23.2. The van der Waals surface area contributed by atoms with E-state index in [4.69, 9.17) is 18.0 Å². The quantitative estimate of drug-likeness (QED) is 0.816. The Labute approximate surface area is 121 Å². The summed E-state index contributed by atoms with van der Waals surface area (Å²) in [4.78, 5) is 2.12. The number of halogens is 1. The first-order valence-corrected chi connectivity index (χ1v) is 8.45. The highest BCUT2D eigenvalue weighted by Crippen LogP contribution is 2.23. The molecule has 0 aliphatic carbocycles. The summed E-state index contributed by atoms with van der Waals surface area (Å²) in [6.45, 7) is 0.399. The first kappa shape index (κ1) is 15.4. The Morgan fingerprint density at radius 3 is 2.61 bits per heavy atom. The molecular weight excluding hydrogens is 336 g/mol. The van der Waals surface area contributed by atoms with Crippen molar-refractivity contribution in [1.29, 1.82) is 0 Å². The number of anilines is 1. The number of nitrogens with zero attached hydrogens (tertiary/aromatic N) is 1. The Balaban J connectivity index is 2.98. The standard InChI is InChI=1S/C11H15BrN2O2S2/c1-14(5-6-18(2,15)16)10-4-3-8(12)7-9(10)11(13)17/h3-4,7H,5-6H2,1-2H3,(H2,13,17). The lowest BCUT2D eigenvalue weighted by Crippen LogP contribution is -2.27. The molecule has 18 heavy (non-hydrogen) atoms. The molecule has 0 atom stereocenters. The molecule has 7 heteroatoms. The highest BCUT2D eigenvalue weighted by Gasteiger charge is 2.12. The summed E-state index contributed by atoms with van der Waals surface area (Å²) in [6.07, 6.45) is 1.22. The fourth-order valence-electron chi connectivity index (χ4n) is 1.46. The van der Waals surface area contributed by atoms with Crippen LogP contribution in [-0.4, -0.2) is 39.0 Å².